The summed E-state index contributed by atoms with van der Waals surface area (Å²) in [5, 5.41) is 3.90. The first-order valence-corrected chi connectivity index (χ1v) is 8.96. The van der Waals surface area contributed by atoms with E-state index in [1.54, 1.807) is 19.2 Å². The SMILES string of the molecule is COC1CCC(Nc2cc(S(C)(=O)=O)ccc2Cl)CC1. The first kappa shape index (κ1) is 15.6. The van der Waals surface area contributed by atoms with Gasteiger partial charge < -0.3 is 10.1 Å². The minimum absolute atomic E-state index is 0.287. The fourth-order valence-corrected chi connectivity index (χ4v) is 3.33. The number of nitrogens with one attached hydrogen (secondary N) is 1. The second kappa shape index (κ2) is 6.33. The van der Waals surface area contributed by atoms with Crippen LogP contribution in [0.25, 0.3) is 0 Å². The Hall–Kier alpha value is -0.780. The fraction of sp³-hybridized carbons (Fsp3) is 0.571. The molecule has 4 nitrogen and oxygen atoms in total. The van der Waals surface area contributed by atoms with Gasteiger partial charge in [0.25, 0.3) is 0 Å². The van der Waals surface area contributed by atoms with Gasteiger partial charge in [0.2, 0.25) is 0 Å². The van der Waals surface area contributed by atoms with Crippen LogP contribution in [0.1, 0.15) is 25.7 Å². The summed E-state index contributed by atoms with van der Waals surface area (Å²) >= 11 is 6.14. The molecule has 2 rings (SSSR count). The van der Waals surface area contributed by atoms with Crippen molar-refractivity contribution in [3.63, 3.8) is 0 Å². The monoisotopic (exact) mass is 317 g/mol. The third-order valence-corrected chi connectivity index (χ3v) is 5.17. The maximum absolute atomic E-state index is 11.6. The lowest BCUT2D eigenvalue weighted by atomic mass is 9.93. The number of hydrogen-bond acceptors (Lipinski definition) is 4. The van der Waals surface area contributed by atoms with Gasteiger partial charge in [0, 0.05) is 19.4 Å². The third kappa shape index (κ3) is 3.87. The van der Waals surface area contributed by atoms with E-state index in [0.717, 1.165) is 25.7 Å². The maximum Gasteiger partial charge on any atom is 0.175 e. The van der Waals surface area contributed by atoms with Crippen LogP contribution in [0.15, 0.2) is 23.1 Å². The lowest BCUT2D eigenvalue weighted by Crippen LogP contribution is -2.29. The van der Waals surface area contributed by atoms with Crippen LogP contribution in [0.5, 0.6) is 0 Å². The highest BCUT2D eigenvalue weighted by Gasteiger charge is 2.21. The summed E-state index contributed by atoms with van der Waals surface area (Å²) in [5.74, 6) is 0. The van der Waals surface area contributed by atoms with Crippen molar-refractivity contribution in [3.8, 4) is 0 Å². The van der Waals surface area contributed by atoms with Gasteiger partial charge in [-0.15, -0.1) is 0 Å². The van der Waals surface area contributed by atoms with Gasteiger partial charge in [0.15, 0.2) is 9.84 Å². The molecule has 1 saturated carbocycles. The zero-order valence-electron chi connectivity index (χ0n) is 11.7. The molecule has 1 aliphatic carbocycles. The summed E-state index contributed by atoms with van der Waals surface area (Å²) in [6, 6.07) is 5.08. The van der Waals surface area contributed by atoms with Gasteiger partial charge in [-0.1, -0.05) is 11.6 Å². The molecular formula is C14H20ClNO3S. The van der Waals surface area contributed by atoms with Gasteiger partial charge >= 0.3 is 0 Å². The second-order valence-corrected chi connectivity index (χ2v) is 7.69. The molecule has 0 aromatic heterocycles. The molecule has 0 aliphatic heterocycles. The number of sulfone groups is 1. The lowest BCUT2D eigenvalue weighted by Gasteiger charge is -2.29. The van der Waals surface area contributed by atoms with E-state index >= 15 is 0 Å². The van der Waals surface area contributed by atoms with Crippen LogP contribution in [-0.4, -0.2) is 33.9 Å². The highest BCUT2D eigenvalue weighted by Crippen LogP contribution is 2.29. The van der Waals surface area contributed by atoms with Crippen molar-refractivity contribution in [2.45, 2.75) is 42.7 Å². The van der Waals surface area contributed by atoms with Gasteiger partial charge in [-0.2, -0.15) is 0 Å². The Labute approximate surface area is 125 Å². The van der Waals surface area contributed by atoms with E-state index in [0.29, 0.717) is 22.9 Å². The van der Waals surface area contributed by atoms with Crippen molar-refractivity contribution >= 4 is 27.1 Å². The normalized spacial score (nSPS) is 23.6. The highest BCUT2D eigenvalue weighted by molar-refractivity contribution is 7.90. The average Bonchev–Trinajstić information content (AvgIpc) is 2.41. The number of halogens is 1. The summed E-state index contributed by atoms with van der Waals surface area (Å²) < 4.78 is 28.5. The van der Waals surface area contributed by atoms with Crippen LogP contribution >= 0.6 is 11.6 Å². The number of benzene rings is 1. The van der Waals surface area contributed by atoms with E-state index in [9.17, 15) is 8.42 Å². The summed E-state index contributed by atoms with van der Waals surface area (Å²) in [5.41, 5.74) is 0.690. The molecule has 0 spiro atoms. The van der Waals surface area contributed by atoms with Crippen molar-refractivity contribution in [1.29, 1.82) is 0 Å². The molecule has 0 amide bonds. The van der Waals surface area contributed by atoms with Crippen LogP contribution in [0.4, 0.5) is 5.69 Å². The first-order valence-electron chi connectivity index (χ1n) is 6.69. The summed E-state index contributed by atoms with van der Waals surface area (Å²) in [4.78, 5) is 0.287. The minimum Gasteiger partial charge on any atom is -0.381 e. The second-order valence-electron chi connectivity index (χ2n) is 5.27. The van der Waals surface area contributed by atoms with E-state index in [2.05, 4.69) is 5.32 Å². The zero-order chi connectivity index (χ0) is 14.8. The molecule has 0 radical (unpaired) electrons. The number of hydrogen-bond donors (Lipinski definition) is 1. The fourth-order valence-electron chi connectivity index (χ4n) is 2.51. The smallest absolute Gasteiger partial charge is 0.175 e. The molecule has 20 heavy (non-hydrogen) atoms. The van der Waals surface area contributed by atoms with E-state index in [1.807, 2.05) is 0 Å². The Morgan fingerprint density at radius 3 is 2.45 bits per heavy atom. The Balaban J connectivity index is 2.10. The molecule has 1 aromatic carbocycles. The predicted octanol–water partition coefficient (Wildman–Crippen LogP) is 3.11. The van der Waals surface area contributed by atoms with Crippen LogP contribution in [-0.2, 0) is 14.6 Å². The molecule has 0 heterocycles. The molecule has 1 aliphatic rings. The Morgan fingerprint density at radius 1 is 1.25 bits per heavy atom. The Kier molecular flexibility index (Phi) is 4.94. The zero-order valence-corrected chi connectivity index (χ0v) is 13.3. The topological polar surface area (TPSA) is 55.4 Å². The predicted molar refractivity (Wildman–Crippen MR) is 81.2 cm³/mol. The van der Waals surface area contributed by atoms with Crippen LogP contribution in [0.2, 0.25) is 5.02 Å². The molecule has 0 saturated heterocycles. The molecule has 1 fully saturated rings. The first-order chi connectivity index (χ1) is 9.40. The van der Waals surface area contributed by atoms with Gasteiger partial charge in [-0.3, -0.25) is 0 Å². The Morgan fingerprint density at radius 2 is 1.90 bits per heavy atom. The molecule has 0 bridgehead atoms. The molecular weight excluding hydrogens is 298 g/mol. The van der Waals surface area contributed by atoms with Crippen molar-refractivity contribution in [3.05, 3.63) is 23.2 Å². The van der Waals surface area contributed by atoms with E-state index in [1.165, 1.54) is 12.3 Å². The molecule has 1 aromatic rings. The van der Waals surface area contributed by atoms with Gasteiger partial charge in [0.05, 0.1) is 21.7 Å². The van der Waals surface area contributed by atoms with Gasteiger partial charge in [-0.25, -0.2) is 8.42 Å². The average molecular weight is 318 g/mol. The lowest BCUT2D eigenvalue weighted by molar-refractivity contribution is 0.0682. The van der Waals surface area contributed by atoms with Crippen molar-refractivity contribution in [1.82, 2.24) is 0 Å². The largest absolute Gasteiger partial charge is 0.381 e. The van der Waals surface area contributed by atoms with Crippen molar-refractivity contribution < 1.29 is 13.2 Å². The quantitative estimate of drug-likeness (QED) is 0.927. The molecule has 6 heteroatoms. The summed E-state index contributed by atoms with van der Waals surface area (Å²) in [7, 11) is -1.47. The van der Waals surface area contributed by atoms with E-state index < -0.39 is 9.84 Å². The number of ether oxygens (including phenoxy) is 1. The molecule has 0 atom stereocenters. The third-order valence-electron chi connectivity index (χ3n) is 3.73. The van der Waals surface area contributed by atoms with Crippen LogP contribution in [0.3, 0.4) is 0 Å². The van der Waals surface area contributed by atoms with Crippen molar-refractivity contribution in [2.75, 3.05) is 18.7 Å². The number of methoxy groups -OCH3 is 1. The maximum atomic E-state index is 11.6. The van der Waals surface area contributed by atoms with E-state index in [-0.39, 0.29) is 4.90 Å². The van der Waals surface area contributed by atoms with Crippen LogP contribution in [0, 0.1) is 0 Å². The standard InChI is InChI=1S/C14H20ClNO3S/c1-19-11-5-3-10(4-6-11)16-14-9-12(20(2,17)18)7-8-13(14)15/h7-11,16H,3-6H2,1-2H3. The van der Waals surface area contributed by atoms with E-state index in [4.69, 9.17) is 16.3 Å². The van der Waals surface area contributed by atoms with Crippen LogP contribution < -0.4 is 5.32 Å². The molecule has 0 unspecified atom stereocenters. The van der Waals surface area contributed by atoms with Gasteiger partial charge in [-0.05, 0) is 43.9 Å². The Bertz CT molecular complexity index is 566. The summed E-state index contributed by atoms with van der Waals surface area (Å²) in [6.45, 7) is 0. The van der Waals surface area contributed by atoms with Gasteiger partial charge in [0.1, 0.15) is 0 Å². The van der Waals surface area contributed by atoms with Crippen molar-refractivity contribution in [2.24, 2.45) is 0 Å². The number of anilines is 1. The highest BCUT2D eigenvalue weighted by atomic mass is 35.5. The molecule has 1 N–H and O–H groups in total. The minimum atomic E-state index is -3.21. The number of rotatable bonds is 4. The summed E-state index contributed by atoms with van der Waals surface area (Å²) in [6.07, 6.45) is 5.56. The molecule has 112 valence electrons.